The number of hydrogen-bond donors (Lipinski definition) is 2. The molecule has 3 heteroatoms. The minimum atomic E-state index is 0.426. The lowest BCUT2D eigenvalue weighted by Crippen LogP contribution is -2.46. The number of nitrogens with one attached hydrogen (secondary N) is 1. The fraction of sp³-hybridized carbons (Fsp3) is 1.00. The molecule has 0 amide bonds. The highest BCUT2D eigenvalue weighted by Crippen LogP contribution is 2.40. The summed E-state index contributed by atoms with van der Waals surface area (Å²) in [7, 11) is 0. The van der Waals surface area contributed by atoms with Crippen LogP contribution in [0.2, 0.25) is 0 Å². The van der Waals surface area contributed by atoms with Gasteiger partial charge in [-0.3, -0.25) is 0 Å². The van der Waals surface area contributed by atoms with Crippen LogP contribution in [0, 0.1) is 17.3 Å². The molecule has 2 atom stereocenters. The average Bonchev–Trinajstić information content (AvgIpc) is 2.92. The SMILES string of the molecule is CC(C)(C)C1CCC(C(CN)NCC2CCCO2)CC1. The largest absolute Gasteiger partial charge is 0.377 e. The third-order valence-corrected chi connectivity index (χ3v) is 5.45. The molecule has 2 unspecified atom stereocenters. The van der Waals surface area contributed by atoms with Crippen molar-refractivity contribution in [2.24, 2.45) is 23.0 Å². The molecule has 0 aromatic rings. The molecule has 1 heterocycles. The molecule has 0 bridgehead atoms. The van der Waals surface area contributed by atoms with Crippen LogP contribution in [0.25, 0.3) is 0 Å². The van der Waals surface area contributed by atoms with E-state index < -0.39 is 0 Å². The Labute approximate surface area is 125 Å². The zero-order chi connectivity index (χ0) is 14.6. The highest BCUT2D eigenvalue weighted by atomic mass is 16.5. The van der Waals surface area contributed by atoms with E-state index in [1.165, 1.54) is 38.5 Å². The van der Waals surface area contributed by atoms with Crippen LogP contribution in [0.3, 0.4) is 0 Å². The quantitative estimate of drug-likeness (QED) is 0.815. The number of hydrogen-bond acceptors (Lipinski definition) is 3. The highest BCUT2D eigenvalue weighted by molar-refractivity contribution is 4.87. The van der Waals surface area contributed by atoms with Gasteiger partial charge in [-0.2, -0.15) is 0 Å². The van der Waals surface area contributed by atoms with Crippen molar-refractivity contribution in [1.29, 1.82) is 0 Å². The number of nitrogens with two attached hydrogens (primary N) is 1. The van der Waals surface area contributed by atoms with E-state index in [-0.39, 0.29) is 0 Å². The van der Waals surface area contributed by atoms with E-state index in [0.29, 0.717) is 17.6 Å². The fourth-order valence-electron chi connectivity index (χ4n) is 3.92. The molecule has 2 fully saturated rings. The molecular formula is C17H34N2O. The van der Waals surface area contributed by atoms with Crippen LogP contribution in [0.15, 0.2) is 0 Å². The van der Waals surface area contributed by atoms with Gasteiger partial charge in [-0.05, 0) is 55.8 Å². The highest BCUT2D eigenvalue weighted by Gasteiger charge is 2.32. The van der Waals surface area contributed by atoms with Crippen molar-refractivity contribution in [1.82, 2.24) is 5.32 Å². The van der Waals surface area contributed by atoms with Gasteiger partial charge >= 0.3 is 0 Å². The molecule has 2 aliphatic rings. The molecular weight excluding hydrogens is 248 g/mol. The van der Waals surface area contributed by atoms with E-state index in [9.17, 15) is 0 Å². The van der Waals surface area contributed by atoms with Gasteiger partial charge in [0.2, 0.25) is 0 Å². The first-order valence-corrected chi connectivity index (χ1v) is 8.55. The molecule has 1 aliphatic carbocycles. The average molecular weight is 282 g/mol. The van der Waals surface area contributed by atoms with E-state index in [1.807, 2.05) is 0 Å². The summed E-state index contributed by atoms with van der Waals surface area (Å²) in [5.74, 6) is 1.65. The van der Waals surface area contributed by atoms with Crippen molar-refractivity contribution in [3.63, 3.8) is 0 Å². The molecule has 3 N–H and O–H groups in total. The Kier molecular flexibility index (Phi) is 5.88. The van der Waals surface area contributed by atoms with Crippen molar-refractivity contribution in [3.8, 4) is 0 Å². The van der Waals surface area contributed by atoms with Gasteiger partial charge < -0.3 is 15.8 Å². The van der Waals surface area contributed by atoms with Crippen molar-refractivity contribution >= 4 is 0 Å². The Morgan fingerprint density at radius 3 is 2.35 bits per heavy atom. The zero-order valence-corrected chi connectivity index (χ0v) is 13.7. The topological polar surface area (TPSA) is 47.3 Å². The minimum Gasteiger partial charge on any atom is -0.377 e. The number of ether oxygens (including phenoxy) is 1. The first kappa shape index (κ1) is 16.3. The lowest BCUT2D eigenvalue weighted by atomic mass is 9.68. The van der Waals surface area contributed by atoms with Gasteiger partial charge in [0.05, 0.1) is 6.10 Å². The Bertz CT molecular complexity index is 273. The van der Waals surface area contributed by atoms with Gasteiger partial charge in [0.15, 0.2) is 0 Å². The first-order chi connectivity index (χ1) is 9.50. The van der Waals surface area contributed by atoms with Crippen LogP contribution in [-0.2, 0) is 4.74 Å². The van der Waals surface area contributed by atoms with E-state index in [4.69, 9.17) is 10.5 Å². The van der Waals surface area contributed by atoms with Crippen LogP contribution in [0.4, 0.5) is 0 Å². The van der Waals surface area contributed by atoms with Gasteiger partial charge in [-0.15, -0.1) is 0 Å². The predicted molar refractivity (Wildman–Crippen MR) is 84.7 cm³/mol. The third kappa shape index (κ3) is 4.44. The van der Waals surface area contributed by atoms with Crippen LogP contribution >= 0.6 is 0 Å². The lowest BCUT2D eigenvalue weighted by molar-refractivity contribution is 0.0971. The first-order valence-electron chi connectivity index (χ1n) is 8.55. The molecule has 1 saturated carbocycles. The maximum Gasteiger partial charge on any atom is 0.0700 e. The summed E-state index contributed by atoms with van der Waals surface area (Å²) in [4.78, 5) is 0. The molecule has 0 spiro atoms. The molecule has 1 aliphatic heterocycles. The van der Waals surface area contributed by atoms with E-state index in [2.05, 4.69) is 26.1 Å². The van der Waals surface area contributed by atoms with Crippen molar-refractivity contribution in [2.75, 3.05) is 19.7 Å². The molecule has 1 saturated heterocycles. The molecule has 0 aromatic heterocycles. The van der Waals surface area contributed by atoms with Crippen LogP contribution in [0.1, 0.15) is 59.3 Å². The Morgan fingerprint density at radius 2 is 1.85 bits per heavy atom. The number of rotatable bonds is 5. The van der Waals surface area contributed by atoms with Crippen LogP contribution < -0.4 is 11.1 Å². The van der Waals surface area contributed by atoms with E-state index >= 15 is 0 Å². The Balaban J connectivity index is 1.74. The minimum absolute atomic E-state index is 0.426. The van der Waals surface area contributed by atoms with Crippen molar-refractivity contribution in [2.45, 2.75) is 71.4 Å². The third-order valence-electron chi connectivity index (χ3n) is 5.45. The molecule has 0 aromatic carbocycles. The zero-order valence-electron chi connectivity index (χ0n) is 13.7. The lowest BCUT2D eigenvalue weighted by Gasteiger charge is -2.39. The summed E-state index contributed by atoms with van der Waals surface area (Å²) < 4.78 is 5.69. The summed E-state index contributed by atoms with van der Waals surface area (Å²) in [6, 6.07) is 0.486. The van der Waals surface area contributed by atoms with Crippen LogP contribution in [0.5, 0.6) is 0 Å². The molecule has 0 radical (unpaired) electrons. The van der Waals surface area contributed by atoms with Crippen molar-refractivity contribution in [3.05, 3.63) is 0 Å². The van der Waals surface area contributed by atoms with Crippen LogP contribution in [-0.4, -0.2) is 31.8 Å². The molecule has 2 rings (SSSR count). The maximum absolute atomic E-state index is 6.01. The van der Waals surface area contributed by atoms with Gasteiger partial charge in [0, 0.05) is 25.7 Å². The molecule has 118 valence electrons. The summed E-state index contributed by atoms with van der Waals surface area (Å²) in [5, 5.41) is 3.68. The van der Waals surface area contributed by atoms with Gasteiger partial charge in [-0.1, -0.05) is 20.8 Å². The summed E-state index contributed by atoms with van der Waals surface area (Å²) >= 11 is 0. The Morgan fingerprint density at radius 1 is 1.15 bits per heavy atom. The second-order valence-electron chi connectivity index (χ2n) is 7.86. The smallest absolute Gasteiger partial charge is 0.0700 e. The maximum atomic E-state index is 6.01. The summed E-state index contributed by atoms with van der Waals surface area (Å²) in [6.07, 6.45) is 8.26. The molecule has 3 nitrogen and oxygen atoms in total. The van der Waals surface area contributed by atoms with E-state index in [0.717, 1.165) is 31.5 Å². The summed E-state index contributed by atoms with van der Waals surface area (Å²) in [5.41, 5.74) is 6.47. The standard InChI is InChI=1S/C17H34N2O/c1-17(2,3)14-8-6-13(7-9-14)16(11-18)19-12-15-5-4-10-20-15/h13-16,19H,4-12,18H2,1-3H3. The predicted octanol–water partition coefficient (Wildman–Crippen LogP) is 2.93. The van der Waals surface area contributed by atoms with Gasteiger partial charge in [0.25, 0.3) is 0 Å². The second-order valence-corrected chi connectivity index (χ2v) is 7.86. The van der Waals surface area contributed by atoms with E-state index in [1.54, 1.807) is 0 Å². The van der Waals surface area contributed by atoms with Gasteiger partial charge in [-0.25, -0.2) is 0 Å². The molecule has 20 heavy (non-hydrogen) atoms. The van der Waals surface area contributed by atoms with Gasteiger partial charge in [0.1, 0.15) is 0 Å². The van der Waals surface area contributed by atoms with Crippen molar-refractivity contribution < 1.29 is 4.74 Å². The monoisotopic (exact) mass is 282 g/mol. The normalized spacial score (nSPS) is 33.3. The summed E-state index contributed by atoms with van der Waals surface area (Å²) in [6.45, 7) is 9.84. The fourth-order valence-corrected chi connectivity index (χ4v) is 3.92. The Hall–Kier alpha value is -0.120. The second kappa shape index (κ2) is 7.24.